The second-order valence-electron chi connectivity index (χ2n) is 6.35. The maximum absolute atomic E-state index is 12.5. The molecule has 1 aliphatic rings. The third kappa shape index (κ3) is 5.10. The summed E-state index contributed by atoms with van der Waals surface area (Å²) in [6.07, 6.45) is 3.06. The van der Waals surface area contributed by atoms with Gasteiger partial charge in [-0.2, -0.15) is 0 Å². The minimum Gasteiger partial charge on any atom is -0.349 e. The van der Waals surface area contributed by atoms with Crippen LogP contribution in [0.3, 0.4) is 0 Å². The van der Waals surface area contributed by atoms with Crippen LogP contribution in [0.5, 0.6) is 0 Å². The van der Waals surface area contributed by atoms with Crippen LogP contribution in [0.4, 0.5) is 5.69 Å². The third-order valence-electron chi connectivity index (χ3n) is 4.28. The van der Waals surface area contributed by atoms with Crippen molar-refractivity contribution < 1.29 is 9.59 Å². The summed E-state index contributed by atoms with van der Waals surface area (Å²) in [5.74, 6) is -0.132. The van der Waals surface area contributed by atoms with Crippen molar-refractivity contribution in [1.82, 2.24) is 5.32 Å². The molecule has 4 N–H and O–H groups in total. The van der Waals surface area contributed by atoms with Crippen LogP contribution in [0.2, 0.25) is 5.02 Å². The van der Waals surface area contributed by atoms with Gasteiger partial charge in [-0.3, -0.25) is 9.59 Å². The Morgan fingerprint density at radius 1 is 1.33 bits per heavy atom. The first-order valence-electron chi connectivity index (χ1n) is 8.03. The lowest BCUT2D eigenvalue weighted by molar-refractivity contribution is -0.118. The van der Waals surface area contributed by atoms with Gasteiger partial charge in [0.15, 0.2) is 0 Å². The molecule has 24 heavy (non-hydrogen) atoms. The normalized spacial score (nSPS) is 19.7. The Hall–Kier alpha value is -1.30. The Labute approximate surface area is 154 Å². The number of amides is 2. The SMILES string of the molecule is CC(C)C(=O)Nc1ccc(Cl)c(C(=O)NC2CCCC2CN)c1.Cl. The van der Waals surface area contributed by atoms with Crippen LogP contribution in [0.25, 0.3) is 0 Å². The average Bonchev–Trinajstić information content (AvgIpc) is 2.96. The summed E-state index contributed by atoms with van der Waals surface area (Å²) in [5.41, 5.74) is 6.69. The molecule has 7 heteroatoms. The van der Waals surface area contributed by atoms with Crippen molar-refractivity contribution in [2.75, 3.05) is 11.9 Å². The second-order valence-corrected chi connectivity index (χ2v) is 6.75. The van der Waals surface area contributed by atoms with Crippen LogP contribution in [0.15, 0.2) is 18.2 Å². The van der Waals surface area contributed by atoms with E-state index in [4.69, 9.17) is 17.3 Å². The fourth-order valence-electron chi connectivity index (χ4n) is 2.82. The van der Waals surface area contributed by atoms with E-state index in [1.807, 2.05) is 13.8 Å². The molecule has 1 fully saturated rings. The molecule has 5 nitrogen and oxygen atoms in total. The van der Waals surface area contributed by atoms with Crippen molar-refractivity contribution in [2.24, 2.45) is 17.6 Å². The molecule has 134 valence electrons. The number of nitrogens with two attached hydrogens (primary N) is 1. The minimum atomic E-state index is -0.221. The molecule has 2 amide bonds. The van der Waals surface area contributed by atoms with Crippen LogP contribution >= 0.6 is 24.0 Å². The molecule has 2 unspecified atom stereocenters. The van der Waals surface area contributed by atoms with Crippen LogP contribution in [-0.2, 0) is 4.79 Å². The van der Waals surface area contributed by atoms with E-state index in [-0.39, 0.29) is 36.2 Å². The molecule has 0 saturated heterocycles. The molecule has 1 aliphatic carbocycles. The Morgan fingerprint density at radius 3 is 2.67 bits per heavy atom. The van der Waals surface area contributed by atoms with Crippen LogP contribution in [-0.4, -0.2) is 24.4 Å². The zero-order valence-electron chi connectivity index (χ0n) is 14.0. The number of carbonyl (C=O) groups excluding carboxylic acids is 2. The van der Waals surface area contributed by atoms with Gasteiger partial charge in [0.2, 0.25) is 5.91 Å². The van der Waals surface area contributed by atoms with Gasteiger partial charge in [-0.25, -0.2) is 0 Å². The zero-order valence-corrected chi connectivity index (χ0v) is 15.5. The Balaban J connectivity index is 0.00000288. The quantitative estimate of drug-likeness (QED) is 0.740. The van der Waals surface area contributed by atoms with E-state index in [2.05, 4.69) is 10.6 Å². The summed E-state index contributed by atoms with van der Waals surface area (Å²) >= 11 is 6.15. The molecule has 1 aromatic carbocycles. The highest BCUT2D eigenvalue weighted by atomic mass is 35.5. The molecule has 0 aromatic heterocycles. The largest absolute Gasteiger partial charge is 0.349 e. The number of anilines is 1. The minimum absolute atomic E-state index is 0. The molecule has 0 aliphatic heterocycles. The van der Waals surface area contributed by atoms with Crippen molar-refractivity contribution in [3.63, 3.8) is 0 Å². The lowest BCUT2D eigenvalue weighted by Crippen LogP contribution is -2.40. The van der Waals surface area contributed by atoms with Crippen molar-refractivity contribution >= 4 is 41.5 Å². The van der Waals surface area contributed by atoms with Crippen molar-refractivity contribution in [3.05, 3.63) is 28.8 Å². The monoisotopic (exact) mass is 373 g/mol. The van der Waals surface area contributed by atoms with Gasteiger partial charge in [-0.05, 0) is 43.5 Å². The number of benzene rings is 1. The smallest absolute Gasteiger partial charge is 0.253 e. The van der Waals surface area contributed by atoms with Gasteiger partial charge >= 0.3 is 0 Å². The van der Waals surface area contributed by atoms with E-state index in [9.17, 15) is 9.59 Å². The molecule has 0 radical (unpaired) electrons. The highest BCUT2D eigenvalue weighted by Gasteiger charge is 2.28. The average molecular weight is 374 g/mol. The van der Waals surface area contributed by atoms with Gasteiger partial charge in [0.25, 0.3) is 5.91 Å². The fraction of sp³-hybridized carbons (Fsp3) is 0.529. The van der Waals surface area contributed by atoms with Gasteiger partial charge in [-0.1, -0.05) is 31.9 Å². The zero-order chi connectivity index (χ0) is 17.0. The van der Waals surface area contributed by atoms with Gasteiger partial charge < -0.3 is 16.4 Å². The highest BCUT2D eigenvalue weighted by Crippen LogP contribution is 2.26. The van der Waals surface area contributed by atoms with E-state index in [1.54, 1.807) is 18.2 Å². The summed E-state index contributed by atoms with van der Waals surface area (Å²) in [6, 6.07) is 5.03. The number of halogens is 2. The van der Waals surface area contributed by atoms with E-state index >= 15 is 0 Å². The van der Waals surface area contributed by atoms with Crippen molar-refractivity contribution in [2.45, 2.75) is 39.2 Å². The number of hydrogen-bond donors (Lipinski definition) is 3. The maximum atomic E-state index is 12.5. The molecule has 0 bridgehead atoms. The summed E-state index contributed by atoms with van der Waals surface area (Å²) < 4.78 is 0. The molecular weight excluding hydrogens is 349 g/mol. The molecule has 2 atom stereocenters. The Kier molecular flexibility index (Phi) is 8.00. The predicted octanol–water partition coefficient (Wildman–Crippen LogP) is 3.21. The van der Waals surface area contributed by atoms with Crippen LogP contribution in [0.1, 0.15) is 43.5 Å². The van der Waals surface area contributed by atoms with E-state index < -0.39 is 0 Å². The van der Waals surface area contributed by atoms with E-state index in [0.717, 1.165) is 19.3 Å². The second kappa shape index (κ2) is 9.25. The van der Waals surface area contributed by atoms with E-state index in [0.29, 0.717) is 28.7 Å². The molecule has 0 heterocycles. The highest BCUT2D eigenvalue weighted by molar-refractivity contribution is 6.34. The number of nitrogens with one attached hydrogen (secondary N) is 2. The lowest BCUT2D eigenvalue weighted by Gasteiger charge is -2.20. The summed E-state index contributed by atoms with van der Waals surface area (Å²) in [6.45, 7) is 4.20. The van der Waals surface area contributed by atoms with Gasteiger partial charge in [0.1, 0.15) is 0 Å². The molecule has 1 saturated carbocycles. The molecule has 1 aromatic rings. The summed E-state index contributed by atoms with van der Waals surface area (Å²) in [7, 11) is 0. The summed E-state index contributed by atoms with van der Waals surface area (Å²) in [4.78, 5) is 24.3. The molecular formula is C17H25Cl2N3O2. The first-order chi connectivity index (χ1) is 10.9. The van der Waals surface area contributed by atoms with Gasteiger partial charge in [-0.15, -0.1) is 12.4 Å². The fourth-order valence-corrected chi connectivity index (χ4v) is 3.02. The van der Waals surface area contributed by atoms with Crippen LogP contribution < -0.4 is 16.4 Å². The number of hydrogen-bond acceptors (Lipinski definition) is 3. The third-order valence-corrected chi connectivity index (χ3v) is 4.61. The Morgan fingerprint density at radius 2 is 2.04 bits per heavy atom. The van der Waals surface area contributed by atoms with Crippen molar-refractivity contribution in [3.8, 4) is 0 Å². The lowest BCUT2D eigenvalue weighted by atomic mass is 10.0. The molecule has 2 rings (SSSR count). The summed E-state index contributed by atoms with van der Waals surface area (Å²) in [5, 5.41) is 6.17. The van der Waals surface area contributed by atoms with Crippen LogP contribution in [0, 0.1) is 11.8 Å². The standard InChI is InChI=1S/C17H24ClN3O2.ClH/c1-10(2)16(22)20-12-6-7-14(18)13(8-12)17(23)21-15-5-3-4-11(15)9-19;/h6-8,10-11,15H,3-5,9,19H2,1-2H3,(H,20,22)(H,21,23);1H. The predicted molar refractivity (Wildman–Crippen MR) is 99.8 cm³/mol. The topological polar surface area (TPSA) is 84.2 Å². The maximum Gasteiger partial charge on any atom is 0.253 e. The van der Waals surface area contributed by atoms with Gasteiger partial charge in [0.05, 0.1) is 10.6 Å². The van der Waals surface area contributed by atoms with Crippen molar-refractivity contribution in [1.29, 1.82) is 0 Å². The Bertz CT molecular complexity index is 593. The number of carbonyl (C=O) groups is 2. The van der Waals surface area contributed by atoms with Gasteiger partial charge in [0, 0.05) is 17.6 Å². The first-order valence-corrected chi connectivity index (χ1v) is 8.41. The molecule has 0 spiro atoms. The van der Waals surface area contributed by atoms with E-state index in [1.165, 1.54) is 0 Å². The number of rotatable bonds is 5. The first kappa shape index (κ1) is 20.7.